The van der Waals surface area contributed by atoms with E-state index in [1.54, 1.807) is 17.0 Å². The molecule has 2 aliphatic rings. The number of primary sulfonamides is 1. The fraction of sp³-hybridized carbons (Fsp3) is 0.500. The lowest BCUT2D eigenvalue weighted by molar-refractivity contribution is -0.105. The highest BCUT2D eigenvalue weighted by atomic mass is 32.2. The zero-order chi connectivity index (χ0) is 24.0. The molecule has 1 aliphatic heterocycles. The maximum atomic E-state index is 14.4. The lowest BCUT2D eigenvalue weighted by Crippen LogP contribution is -2.52. The molecule has 3 heterocycles. The number of halogens is 2. The van der Waals surface area contributed by atoms with E-state index in [-0.39, 0.29) is 29.4 Å². The number of pyridine rings is 2. The number of nitrogens with two attached hydrogens (primary N) is 1. The van der Waals surface area contributed by atoms with Gasteiger partial charge in [0.25, 0.3) is 21.9 Å². The average molecular weight is 480 g/mol. The number of aromatic nitrogens is 2. The molecule has 2 atom stereocenters. The van der Waals surface area contributed by atoms with Gasteiger partial charge in [-0.25, -0.2) is 32.3 Å². The van der Waals surface area contributed by atoms with Crippen LogP contribution in [-0.2, 0) is 10.0 Å². The Labute approximate surface area is 191 Å². The molecule has 0 radical (unpaired) electrons. The molecule has 0 bridgehead atoms. The zero-order valence-electron chi connectivity index (χ0n) is 18.5. The molecule has 2 aromatic rings. The topological polar surface area (TPSA) is 118 Å². The van der Waals surface area contributed by atoms with Crippen LogP contribution in [0.1, 0.15) is 55.1 Å². The minimum atomic E-state index is -4.04. The molecule has 11 heteroatoms. The Morgan fingerprint density at radius 3 is 2.42 bits per heavy atom. The molecule has 4 rings (SSSR count). The van der Waals surface area contributed by atoms with Crippen molar-refractivity contribution in [1.82, 2.24) is 9.97 Å². The molecular formula is C22H27F2N5O3S. The van der Waals surface area contributed by atoms with Crippen LogP contribution in [0.3, 0.4) is 0 Å². The smallest absolute Gasteiger partial charge is 0.259 e. The number of piperidine rings is 1. The summed E-state index contributed by atoms with van der Waals surface area (Å²) in [6, 6.07) is 6.06. The van der Waals surface area contributed by atoms with E-state index in [4.69, 9.17) is 10.1 Å². The first kappa shape index (κ1) is 23.5. The Morgan fingerprint density at radius 2 is 1.85 bits per heavy atom. The molecular weight excluding hydrogens is 452 g/mol. The number of nitrogens with one attached hydrogen (secondary N) is 1. The molecule has 0 spiro atoms. The van der Waals surface area contributed by atoms with Gasteiger partial charge in [0, 0.05) is 54.5 Å². The molecule has 1 amide bonds. The molecule has 2 fully saturated rings. The SMILES string of the molecule is C[C@@H]1CN(c2nc(C3CCC3)ccc2C(=O)Nc2ccnc(S(N)(=O)=O)c2)C[C@H](C)C1(F)F. The van der Waals surface area contributed by atoms with Crippen LogP contribution >= 0.6 is 0 Å². The zero-order valence-corrected chi connectivity index (χ0v) is 19.3. The standard InChI is InChI=1S/C22H27F2N5O3S/c1-13-11-29(12-14(2)22(13,23)24)20-17(6-7-18(28-20)15-4-3-5-15)21(30)27-16-8-9-26-19(10-16)33(25,31)32/h6-10,13-15H,3-5,11-12H2,1-2H3,(H2,25,31,32)(H,26,27,30)/t13-,14+. The summed E-state index contributed by atoms with van der Waals surface area (Å²) >= 11 is 0. The summed E-state index contributed by atoms with van der Waals surface area (Å²) in [6.45, 7) is 3.15. The summed E-state index contributed by atoms with van der Waals surface area (Å²) in [7, 11) is -4.04. The van der Waals surface area contributed by atoms with Gasteiger partial charge in [-0.1, -0.05) is 20.3 Å². The van der Waals surface area contributed by atoms with E-state index in [1.165, 1.54) is 26.1 Å². The van der Waals surface area contributed by atoms with E-state index in [1.807, 2.05) is 0 Å². The molecule has 33 heavy (non-hydrogen) atoms. The maximum Gasteiger partial charge on any atom is 0.259 e. The Bertz CT molecular complexity index is 1160. The highest BCUT2D eigenvalue weighted by Crippen LogP contribution is 2.41. The van der Waals surface area contributed by atoms with Gasteiger partial charge in [0.15, 0.2) is 5.03 Å². The average Bonchev–Trinajstić information content (AvgIpc) is 2.70. The fourth-order valence-electron chi connectivity index (χ4n) is 4.29. The molecule has 0 unspecified atom stereocenters. The molecule has 2 aromatic heterocycles. The van der Waals surface area contributed by atoms with E-state index >= 15 is 0 Å². The molecule has 1 aliphatic carbocycles. The number of anilines is 2. The lowest BCUT2D eigenvalue weighted by Gasteiger charge is -2.42. The Morgan fingerprint density at radius 1 is 1.18 bits per heavy atom. The van der Waals surface area contributed by atoms with Crippen molar-refractivity contribution < 1.29 is 22.0 Å². The number of amides is 1. The monoisotopic (exact) mass is 479 g/mol. The number of alkyl halides is 2. The molecule has 1 saturated heterocycles. The van der Waals surface area contributed by atoms with Crippen LogP contribution in [0.5, 0.6) is 0 Å². The normalized spacial score (nSPS) is 23.1. The summed E-state index contributed by atoms with van der Waals surface area (Å²) < 4.78 is 52.0. The Kier molecular flexibility index (Phi) is 6.12. The number of sulfonamides is 1. The Hall–Kier alpha value is -2.66. The molecule has 178 valence electrons. The number of carbonyl (C=O) groups is 1. The van der Waals surface area contributed by atoms with Gasteiger partial charge >= 0.3 is 0 Å². The van der Waals surface area contributed by atoms with Crippen molar-refractivity contribution in [3.05, 3.63) is 41.7 Å². The fourth-order valence-corrected chi connectivity index (χ4v) is 4.79. The van der Waals surface area contributed by atoms with Gasteiger partial charge in [-0.2, -0.15) is 0 Å². The summed E-state index contributed by atoms with van der Waals surface area (Å²) in [5, 5.41) is 7.40. The Balaban J connectivity index is 1.67. The van der Waals surface area contributed by atoms with Crippen LogP contribution in [0.4, 0.5) is 20.3 Å². The highest BCUT2D eigenvalue weighted by Gasteiger charge is 2.47. The molecule has 1 saturated carbocycles. The minimum absolute atomic E-state index is 0.0730. The number of rotatable bonds is 5. The van der Waals surface area contributed by atoms with E-state index in [9.17, 15) is 22.0 Å². The van der Waals surface area contributed by atoms with E-state index in [0.29, 0.717) is 11.7 Å². The van der Waals surface area contributed by atoms with E-state index in [0.717, 1.165) is 31.0 Å². The first-order chi connectivity index (χ1) is 15.5. The van der Waals surface area contributed by atoms with Gasteiger partial charge < -0.3 is 10.2 Å². The highest BCUT2D eigenvalue weighted by molar-refractivity contribution is 7.89. The van der Waals surface area contributed by atoms with E-state index in [2.05, 4.69) is 10.3 Å². The van der Waals surface area contributed by atoms with Gasteiger partial charge in [0.2, 0.25) is 0 Å². The predicted octanol–water partition coefficient (Wildman–Crippen LogP) is 3.37. The second kappa shape index (κ2) is 8.60. The van der Waals surface area contributed by atoms with Crippen LogP contribution in [0.25, 0.3) is 0 Å². The van der Waals surface area contributed by atoms with Crippen LogP contribution in [-0.4, -0.2) is 43.3 Å². The summed E-state index contributed by atoms with van der Waals surface area (Å²) in [4.78, 5) is 23.4. The third-order valence-corrected chi connectivity index (χ3v) is 7.36. The van der Waals surface area contributed by atoms with Gasteiger partial charge in [-0.15, -0.1) is 0 Å². The van der Waals surface area contributed by atoms with Crippen molar-refractivity contribution in [3.63, 3.8) is 0 Å². The van der Waals surface area contributed by atoms with Crippen LogP contribution in [0, 0.1) is 11.8 Å². The molecule has 8 nitrogen and oxygen atoms in total. The first-order valence-corrected chi connectivity index (χ1v) is 12.5. The van der Waals surface area contributed by atoms with Gasteiger partial charge in [-0.3, -0.25) is 4.79 Å². The van der Waals surface area contributed by atoms with Crippen molar-refractivity contribution >= 4 is 27.4 Å². The van der Waals surface area contributed by atoms with Crippen molar-refractivity contribution in [3.8, 4) is 0 Å². The second-order valence-electron chi connectivity index (χ2n) is 9.00. The number of carbonyl (C=O) groups excluding carboxylic acids is 1. The van der Waals surface area contributed by atoms with Crippen LogP contribution in [0.2, 0.25) is 0 Å². The van der Waals surface area contributed by atoms with Crippen molar-refractivity contribution in [2.45, 2.75) is 50.0 Å². The number of hydrogen-bond donors (Lipinski definition) is 2. The van der Waals surface area contributed by atoms with Gasteiger partial charge in [0.05, 0.1) is 5.56 Å². The quantitative estimate of drug-likeness (QED) is 0.679. The summed E-state index contributed by atoms with van der Waals surface area (Å²) in [5.41, 5.74) is 1.28. The third-order valence-electron chi connectivity index (χ3n) is 6.55. The lowest BCUT2D eigenvalue weighted by atomic mass is 9.82. The van der Waals surface area contributed by atoms with Crippen molar-refractivity contribution in [2.24, 2.45) is 17.0 Å². The minimum Gasteiger partial charge on any atom is -0.355 e. The summed E-state index contributed by atoms with van der Waals surface area (Å²) in [6.07, 6.45) is 4.36. The second-order valence-corrected chi connectivity index (χ2v) is 10.5. The van der Waals surface area contributed by atoms with Gasteiger partial charge in [-0.05, 0) is 31.0 Å². The van der Waals surface area contributed by atoms with Crippen molar-refractivity contribution in [1.29, 1.82) is 0 Å². The van der Waals surface area contributed by atoms with E-state index < -0.39 is 33.7 Å². The number of hydrogen-bond acceptors (Lipinski definition) is 6. The van der Waals surface area contributed by atoms with Gasteiger partial charge in [0.1, 0.15) is 5.82 Å². The van der Waals surface area contributed by atoms with Crippen molar-refractivity contribution in [2.75, 3.05) is 23.3 Å². The third kappa shape index (κ3) is 4.70. The number of nitrogens with zero attached hydrogens (tertiary/aromatic N) is 3. The largest absolute Gasteiger partial charge is 0.355 e. The van der Waals surface area contributed by atoms with Crippen LogP contribution < -0.4 is 15.4 Å². The first-order valence-electron chi connectivity index (χ1n) is 10.9. The molecule has 3 N–H and O–H groups in total. The summed E-state index contributed by atoms with van der Waals surface area (Å²) in [5.74, 6) is -4.45. The maximum absolute atomic E-state index is 14.4. The molecule has 0 aromatic carbocycles. The van der Waals surface area contributed by atoms with Crippen LogP contribution in [0.15, 0.2) is 35.5 Å². The predicted molar refractivity (Wildman–Crippen MR) is 120 cm³/mol.